The Hall–Kier alpha value is -1.18. The van der Waals surface area contributed by atoms with E-state index >= 15 is 0 Å². The summed E-state index contributed by atoms with van der Waals surface area (Å²) in [4.78, 5) is 7.70. The van der Waals surface area contributed by atoms with Gasteiger partial charge in [0, 0.05) is 31.0 Å². The van der Waals surface area contributed by atoms with E-state index in [4.69, 9.17) is 15.2 Å². The summed E-state index contributed by atoms with van der Waals surface area (Å²) in [5, 5.41) is 28.9. The summed E-state index contributed by atoms with van der Waals surface area (Å²) < 4.78 is 0. The van der Waals surface area contributed by atoms with Crippen LogP contribution >= 0.6 is 0 Å². The molecular formula is C7H12BN3O3. The van der Waals surface area contributed by atoms with Gasteiger partial charge < -0.3 is 20.5 Å². The number of nitrogens with zero attached hydrogens (tertiary/aromatic N) is 2. The maximum Gasteiger partial charge on any atom is 0.491 e. The number of aliphatic hydroxyl groups is 1. The molecule has 0 spiro atoms. The lowest BCUT2D eigenvalue weighted by Crippen LogP contribution is -2.30. The van der Waals surface area contributed by atoms with Gasteiger partial charge in [-0.3, -0.25) is 0 Å². The molecule has 4 N–H and O–H groups in total. The van der Waals surface area contributed by atoms with Gasteiger partial charge >= 0.3 is 7.12 Å². The van der Waals surface area contributed by atoms with Gasteiger partial charge in [-0.05, 0) is 6.42 Å². The highest BCUT2D eigenvalue weighted by atomic mass is 16.4. The van der Waals surface area contributed by atoms with Crippen molar-refractivity contribution >= 4 is 18.5 Å². The van der Waals surface area contributed by atoms with E-state index < -0.39 is 7.12 Å². The highest BCUT2D eigenvalue weighted by molar-refractivity contribution is 6.58. The zero-order valence-corrected chi connectivity index (χ0v) is 7.59. The van der Waals surface area contributed by atoms with Gasteiger partial charge in [-0.25, -0.2) is 9.97 Å². The predicted octanol–water partition coefficient (Wildman–Crippen LogP) is -2.05. The number of rotatable bonds is 5. The van der Waals surface area contributed by atoms with E-state index in [-0.39, 0.29) is 12.1 Å². The monoisotopic (exact) mass is 197 g/mol. The van der Waals surface area contributed by atoms with Crippen molar-refractivity contribution in [1.82, 2.24) is 9.97 Å². The molecule has 1 aromatic rings. The molecule has 0 fully saturated rings. The van der Waals surface area contributed by atoms with E-state index in [9.17, 15) is 0 Å². The molecule has 0 saturated heterocycles. The van der Waals surface area contributed by atoms with Crippen LogP contribution in [-0.4, -0.2) is 45.4 Å². The summed E-state index contributed by atoms with van der Waals surface area (Å²) in [6.45, 7) is 0.692. The zero-order chi connectivity index (χ0) is 10.4. The van der Waals surface area contributed by atoms with Gasteiger partial charge in [-0.1, -0.05) is 0 Å². The SMILES string of the molecule is OCCCNc1ncc(B(O)O)cn1. The Morgan fingerprint density at radius 1 is 1.29 bits per heavy atom. The molecule has 0 atom stereocenters. The first-order valence-electron chi connectivity index (χ1n) is 4.27. The lowest BCUT2D eigenvalue weighted by atomic mass is 9.83. The number of hydrogen-bond acceptors (Lipinski definition) is 6. The van der Waals surface area contributed by atoms with Gasteiger partial charge in [-0.15, -0.1) is 0 Å². The quantitative estimate of drug-likeness (QED) is 0.320. The Balaban J connectivity index is 2.47. The minimum absolute atomic E-state index is 0.112. The lowest BCUT2D eigenvalue weighted by molar-refractivity contribution is 0.292. The highest BCUT2D eigenvalue weighted by Gasteiger charge is 2.11. The minimum atomic E-state index is -1.54. The van der Waals surface area contributed by atoms with Crippen LogP contribution in [0.4, 0.5) is 5.95 Å². The number of aliphatic hydroxyl groups excluding tert-OH is 1. The fourth-order valence-corrected chi connectivity index (χ4v) is 0.842. The molecule has 0 bridgehead atoms. The zero-order valence-electron chi connectivity index (χ0n) is 7.59. The third-order valence-corrected chi connectivity index (χ3v) is 1.59. The summed E-state index contributed by atoms with van der Waals surface area (Å²) in [7, 11) is -1.54. The van der Waals surface area contributed by atoms with Gasteiger partial charge in [0.25, 0.3) is 0 Å². The average Bonchev–Trinajstić information content (AvgIpc) is 2.19. The summed E-state index contributed by atoms with van der Waals surface area (Å²) in [6.07, 6.45) is 3.28. The van der Waals surface area contributed by atoms with Gasteiger partial charge in [0.05, 0.1) is 0 Å². The third-order valence-electron chi connectivity index (χ3n) is 1.59. The molecule has 0 unspecified atom stereocenters. The van der Waals surface area contributed by atoms with Crippen LogP contribution in [0.5, 0.6) is 0 Å². The largest absolute Gasteiger partial charge is 0.491 e. The molecule has 0 amide bonds. The van der Waals surface area contributed by atoms with Crippen LogP contribution in [0.25, 0.3) is 0 Å². The second-order valence-corrected chi connectivity index (χ2v) is 2.72. The smallest absolute Gasteiger partial charge is 0.423 e. The molecule has 6 nitrogen and oxygen atoms in total. The molecule has 1 aromatic heterocycles. The van der Waals surface area contributed by atoms with Crippen molar-refractivity contribution in [3.05, 3.63) is 12.4 Å². The van der Waals surface area contributed by atoms with E-state index in [2.05, 4.69) is 15.3 Å². The number of anilines is 1. The maximum atomic E-state index is 8.75. The first-order chi connectivity index (χ1) is 6.74. The average molecular weight is 197 g/mol. The molecule has 0 aliphatic carbocycles. The molecule has 0 aromatic carbocycles. The molecule has 76 valence electrons. The van der Waals surface area contributed by atoms with E-state index in [0.29, 0.717) is 18.9 Å². The first kappa shape index (κ1) is 10.9. The topological polar surface area (TPSA) is 98.5 Å². The molecule has 7 heteroatoms. The van der Waals surface area contributed by atoms with Gasteiger partial charge in [0.1, 0.15) is 0 Å². The van der Waals surface area contributed by atoms with Crippen molar-refractivity contribution in [3.8, 4) is 0 Å². The van der Waals surface area contributed by atoms with Crippen LogP contribution in [0.3, 0.4) is 0 Å². The molecule has 0 radical (unpaired) electrons. The Labute approximate surface area is 81.8 Å². The summed E-state index contributed by atoms with van der Waals surface area (Å²) in [5.74, 6) is 0.405. The fraction of sp³-hybridized carbons (Fsp3) is 0.429. The van der Waals surface area contributed by atoms with Gasteiger partial charge in [0.15, 0.2) is 0 Å². The van der Waals surface area contributed by atoms with Gasteiger partial charge in [0.2, 0.25) is 5.95 Å². The van der Waals surface area contributed by atoms with Gasteiger partial charge in [-0.2, -0.15) is 0 Å². The van der Waals surface area contributed by atoms with Crippen LogP contribution in [0.1, 0.15) is 6.42 Å². The fourth-order valence-electron chi connectivity index (χ4n) is 0.842. The Morgan fingerprint density at radius 2 is 1.93 bits per heavy atom. The molecule has 0 saturated carbocycles. The second-order valence-electron chi connectivity index (χ2n) is 2.72. The van der Waals surface area contributed by atoms with Crippen molar-refractivity contribution in [2.45, 2.75) is 6.42 Å². The molecule has 1 rings (SSSR count). The minimum Gasteiger partial charge on any atom is -0.423 e. The molecule has 1 heterocycles. The van der Waals surface area contributed by atoms with Crippen molar-refractivity contribution in [2.24, 2.45) is 0 Å². The standard InChI is InChI=1S/C7H12BN3O3/c12-3-1-2-9-7-10-4-6(5-11-7)8(13)14/h4-5,12-14H,1-3H2,(H,9,10,11). The van der Waals surface area contributed by atoms with Crippen molar-refractivity contribution in [2.75, 3.05) is 18.5 Å². The maximum absolute atomic E-state index is 8.75. The summed E-state index contributed by atoms with van der Waals surface area (Å²) in [6, 6.07) is 0. The van der Waals surface area contributed by atoms with Crippen molar-refractivity contribution in [1.29, 1.82) is 0 Å². The van der Waals surface area contributed by atoms with Crippen LogP contribution in [-0.2, 0) is 0 Å². The molecule has 14 heavy (non-hydrogen) atoms. The van der Waals surface area contributed by atoms with E-state index in [1.54, 1.807) is 0 Å². The third kappa shape index (κ3) is 3.29. The molecular weight excluding hydrogens is 185 g/mol. The van der Waals surface area contributed by atoms with E-state index in [1.165, 1.54) is 12.4 Å². The number of aromatic nitrogens is 2. The Morgan fingerprint density at radius 3 is 2.43 bits per heavy atom. The van der Waals surface area contributed by atoms with Crippen LogP contribution in [0, 0.1) is 0 Å². The van der Waals surface area contributed by atoms with Crippen molar-refractivity contribution < 1.29 is 15.2 Å². The summed E-state index contributed by atoms with van der Waals surface area (Å²) in [5.41, 5.74) is 0.248. The first-order valence-corrected chi connectivity index (χ1v) is 4.27. The predicted molar refractivity (Wildman–Crippen MR) is 52.1 cm³/mol. The highest BCUT2D eigenvalue weighted by Crippen LogP contribution is 1.93. The normalized spacial score (nSPS) is 9.93. The molecule has 0 aliphatic heterocycles. The molecule has 0 aliphatic rings. The Kier molecular flexibility index (Phi) is 4.31. The van der Waals surface area contributed by atoms with E-state index in [1.807, 2.05) is 0 Å². The second kappa shape index (κ2) is 5.53. The van der Waals surface area contributed by atoms with Crippen LogP contribution in [0.2, 0.25) is 0 Å². The lowest BCUT2D eigenvalue weighted by Gasteiger charge is -2.03. The number of hydrogen-bond donors (Lipinski definition) is 4. The number of nitrogens with one attached hydrogen (secondary N) is 1. The van der Waals surface area contributed by atoms with E-state index in [0.717, 1.165) is 0 Å². The summed E-state index contributed by atoms with van der Waals surface area (Å²) >= 11 is 0. The van der Waals surface area contributed by atoms with Crippen molar-refractivity contribution in [3.63, 3.8) is 0 Å². The van der Waals surface area contributed by atoms with Crippen LogP contribution in [0.15, 0.2) is 12.4 Å². The van der Waals surface area contributed by atoms with Crippen LogP contribution < -0.4 is 10.8 Å². The Bertz CT molecular complexity index is 267.